The molecule has 9 nitrogen and oxygen atoms in total. The van der Waals surface area contributed by atoms with Crippen molar-refractivity contribution < 1.29 is 27.5 Å². The van der Waals surface area contributed by atoms with E-state index in [1.54, 1.807) is 36.4 Å². The monoisotopic (exact) mass is 503 g/mol. The molecule has 0 bridgehead atoms. The van der Waals surface area contributed by atoms with Crippen LogP contribution in [0.4, 0.5) is 0 Å². The molecule has 2 aromatic carbocycles. The average Bonchev–Trinajstić information content (AvgIpc) is 2.83. The van der Waals surface area contributed by atoms with Crippen molar-refractivity contribution in [3.05, 3.63) is 53.6 Å². The average molecular weight is 504 g/mol. The van der Waals surface area contributed by atoms with E-state index < -0.39 is 16.1 Å². The topological polar surface area (TPSA) is 114 Å². The quantitative estimate of drug-likeness (QED) is 0.541. The van der Waals surface area contributed by atoms with Crippen molar-refractivity contribution in [1.29, 1.82) is 0 Å². The lowest BCUT2D eigenvalue weighted by Gasteiger charge is -2.32. The molecule has 190 valence electrons. The number of hydrogen-bond acceptors (Lipinski definition) is 6. The lowest BCUT2D eigenvalue weighted by atomic mass is 10.0. The maximum atomic E-state index is 13.1. The lowest BCUT2D eigenvalue weighted by molar-refractivity contribution is -0.128. The minimum Gasteiger partial charge on any atom is -0.493 e. The summed E-state index contributed by atoms with van der Waals surface area (Å²) in [5.41, 5.74) is 1.71. The standard InChI is InChI=1S/C25H33N3O6S/c1-17-8-10-21(11-9-17)35(31,32)28-14-12-20(13-15-28)27-25(30)22(26-18(2)29)16-19-6-5-7-23(33-3)24(19)34-4/h5-11,20,22H,12-16H2,1-4H3,(H,26,29)(H,27,30)/t22-/m1/s1. The van der Waals surface area contributed by atoms with Gasteiger partial charge in [0.05, 0.1) is 19.1 Å². The van der Waals surface area contributed by atoms with Gasteiger partial charge in [0.25, 0.3) is 0 Å². The van der Waals surface area contributed by atoms with E-state index in [-0.39, 0.29) is 29.2 Å². The van der Waals surface area contributed by atoms with Gasteiger partial charge in [0.1, 0.15) is 6.04 Å². The minimum atomic E-state index is -3.58. The van der Waals surface area contributed by atoms with Crippen LogP contribution in [0.5, 0.6) is 11.5 Å². The molecular weight excluding hydrogens is 470 g/mol. The van der Waals surface area contributed by atoms with Gasteiger partial charge in [0.15, 0.2) is 11.5 Å². The van der Waals surface area contributed by atoms with Crippen LogP contribution in [-0.2, 0) is 26.0 Å². The van der Waals surface area contributed by atoms with Crippen molar-refractivity contribution in [2.75, 3.05) is 27.3 Å². The molecule has 2 amide bonds. The molecule has 1 saturated heterocycles. The second-order valence-corrected chi connectivity index (χ2v) is 10.5. The molecule has 0 aliphatic carbocycles. The van der Waals surface area contributed by atoms with Gasteiger partial charge in [-0.15, -0.1) is 0 Å². The van der Waals surface area contributed by atoms with Crippen LogP contribution >= 0.6 is 0 Å². The van der Waals surface area contributed by atoms with Crippen LogP contribution in [0, 0.1) is 6.92 Å². The third-order valence-corrected chi connectivity index (χ3v) is 7.97. The van der Waals surface area contributed by atoms with E-state index in [0.29, 0.717) is 37.4 Å². The summed E-state index contributed by atoms with van der Waals surface area (Å²) in [6.07, 6.45) is 1.17. The molecule has 1 aliphatic rings. The Balaban J connectivity index is 1.65. The van der Waals surface area contributed by atoms with Gasteiger partial charge in [0.2, 0.25) is 21.8 Å². The van der Waals surface area contributed by atoms with Crippen molar-refractivity contribution in [3.63, 3.8) is 0 Å². The number of methoxy groups -OCH3 is 2. The highest BCUT2D eigenvalue weighted by atomic mass is 32.2. The predicted octanol–water partition coefficient (Wildman–Crippen LogP) is 2.03. The summed E-state index contributed by atoms with van der Waals surface area (Å²) >= 11 is 0. The Labute approximate surface area is 206 Å². The number of carbonyl (C=O) groups is 2. The molecule has 1 aliphatic heterocycles. The van der Waals surface area contributed by atoms with Crippen molar-refractivity contribution >= 4 is 21.8 Å². The zero-order chi connectivity index (χ0) is 25.6. The molecule has 1 fully saturated rings. The van der Waals surface area contributed by atoms with Crippen LogP contribution in [0.2, 0.25) is 0 Å². The van der Waals surface area contributed by atoms with Crippen LogP contribution < -0.4 is 20.1 Å². The van der Waals surface area contributed by atoms with Gasteiger partial charge in [-0.05, 0) is 38.0 Å². The maximum absolute atomic E-state index is 13.1. The van der Waals surface area contributed by atoms with Gasteiger partial charge >= 0.3 is 0 Å². The Kier molecular flexibility index (Phi) is 8.74. The third-order valence-electron chi connectivity index (χ3n) is 6.06. The summed E-state index contributed by atoms with van der Waals surface area (Å²) in [5.74, 6) is 0.387. The summed E-state index contributed by atoms with van der Waals surface area (Å²) in [7, 11) is -0.526. The number of hydrogen-bond donors (Lipinski definition) is 2. The lowest BCUT2D eigenvalue weighted by Crippen LogP contribution is -2.53. The highest BCUT2D eigenvalue weighted by Crippen LogP contribution is 2.31. The number of sulfonamides is 1. The van der Waals surface area contributed by atoms with Crippen LogP contribution in [0.25, 0.3) is 0 Å². The van der Waals surface area contributed by atoms with Gasteiger partial charge in [0, 0.05) is 38.0 Å². The van der Waals surface area contributed by atoms with E-state index in [4.69, 9.17) is 9.47 Å². The molecule has 35 heavy (non-hydrogen) atoms. The fourth-order valence-electron chi connectivity index (χ4n) is 4.19. The van der Waals surface area contributed by atoms with Gasteiger partial charge in [-0.25, -0.2) is 8.42 Å². The fraction of sp³-hybridized carbons (Fsp3) is 0.440. The number of ether oxygens (including phenoxy) is 2. The first-order valence-electron chi connectivity index (χ1n) is 11.5. The summed E-state index contributed by atoms with van der Waals surface area (Å²) < 4.78 is 38.1. The van der Waals surface area contributed by atoms with E-state index in [9.17, 15) is 18.0 Å². The molecule has 0 spiro atoms. The van der Waals surface area contributed by atoms with E-state index in [1.807, 2.05) is 13.0 Å². The second kappa shape index (κ2) is 11.5. The number of piperidine rings is 1. The van der Waals surface area contributed by atoms with Crippen molar-refractivity contribution in [2.24, 2.45) is 0 Å². The second-order valence-electron chi connectivity index (χ2n) is 8.61. The number of nitrogens with zero attached hydrogens (tertiary/aromatic N) is 1. The van der Waals surface area contributed by atoms with Gasteiger partial charge < -0.3 is 20.1 Å². The summed E-state index contributed by atoms with van der Waals surface area (Å²) in [5, 5.41) is 5.69. The molecule has 3 rings (SSSR count). The molecule has 1 atom stereocenters. The zero-order valence-corrected chi connectivity index (χ0v) is 21.4. The number of rotatable bonds is 9. The van der Waals surface area contributed by atoms with E-state index in [2.05, 4.69) is 10.6 Å². The SMILES string of the molecule is COc1cccc(C[C@@H](NC(C)=O)C(=O)NC2CCN(S(=O)(=O)c3ccc(C)cc3)CC2)c1OC. The van der Waals surface area contributed by atoms with Crippen molar-refractivity contribution in [1.82, 2.24) is 14.9 Å². The molecule has 2 aromatic rings. The number of carbonyl (C=O) groups excluding carboxylic acids is 2. The summed E-state index contributed by atoms with van der Waals surface area (Å²) in [6.45, 7) is 3.87. The summed E-state index contributed by atoms with van der Waals surface area (Å²) in [6, 6.07) is 11.1. The normalized spacial score (nSPS) is 15.8. The number of para-hydroxylation sites is 1. The number of amides is 2. The first kappa shape index (κ1) is 26.5. The molecule has 1 heterocycles. The predicted molar refractivity (Wildman–Crippen MR) is 132 cm³/mol. The Hall–Kier alpha value is -3.11. The molecule has 10 heteroatoms. The molecule has 0 saturated carbocycles. The number of nitrogens with one attached hydrogen (secondary N) is 2. The van der Waals surface area contributed by atoms with Gasteiger partial charge in [-0.3, -0.25) is 9.59 Å². The van der Waals surface area contributed by atoms with Crippen LogP contribution in [0.1, 0.15) is 30.9 Å². The van der Waals surface area contributed by atoms with Crippen LogP contribution in [0.3, 0.4) is 0 Å². The highest BCUT2D eigenvalue weighted by molar-refractivity contribution is 7.89. The first-order valence-corrected chi connectivity index (χ1v) is 12.9. The molecule has 2 N–H and O–H groups in total. The number of aryl methyl sites for hydroxylation is 1. The molecule has 0 radical (unpaired) electrons. The minimum absolute atomic E-state index is 0.199. The zero-order valence-electron chi connectivity index (χ0n) is 20.5. The van der Waals surface area contributed by atoms with Crippen LogP contribution in [-0.4, -0.2) is 63.9 Å². The highest BCUT2D eigenvalue weighted by Gasteiger charge is 2.31. The summed E-state index contributed by atoms with van der Waals surface area (Å²) in [4.78, 5) is 25.2. The van der Waals surface area contributed by atoms with Crippen LogP contribution in [0.15, 0.2) is 47.4 Å². The van der Waals surface area contributed by atoms with Crippen molar-refractivity contribution in [3.8, 4) is 11.5 Å². The molecular formula is C25H33N3O6S. The fourth-order valence-corrected chi connectivity index (χ4v) is 5.66. The van der Waals surface area contributed by atoms with Gasteiger partial charge in [-0.1, -0.05) is 29.8 Å². The largest absolute Gasteiger partial charge is 0.493 e. The van der Waals surface area contributed by atoms with E-state index in [1.165, 1.54) is 25.4 Å². The maximum Gasteiger partial charge on any atom is 0.243 e. The number of benzene rings is 2. The van der Waals surface area contributed by atoms with E-state index >= 15 is 0 Å². The molecule has 0 aromatic heterocycles. The van der Waals surface area contributed by atoms with E-state index in [0.717, 1.165) is 11.1 Å². The van der Waals surface area contributed by atoms with Gasteiger partial charge in [-0.2, -0.15) is 4.31 Å². The first-order chi connectivity index (χ1) is 16.6. The Bertz CT molecular complexity index is 1140. The molecule has 0 unspecified atom stereocenters. The third kappa shape index (κ3) is 6.52. The Morgan fingerprint density at radius 1 is 1.06 bits per heavy atom. The smallest absolute Gasteiger partial charge is 0.243 e. The Morgan fingerprint density at radius 2 is 1.71 bits per heavy atom. The van der Waals surface area contributed by atoms with Crippen molar-refractivity contribution in [2.45, 2.75) is 50.1 Å². The Morgan fingerprint density at radius 3 is 2.29 bits per heavy atom.